The summed E-state index contributed by atoms with van der Waals surface area (Å²) in [6.07, 6.45) is 0. The Balaban J connectivity index is 1.70. The number of nitrogens with zero attached hydrogens (tertiary/aromatic N) is 2. The molecule has 0 aliphatic carbocycles. The van der Waals surface area contributed by atoms with Gasteiger partial charge >= 0.3 is 0 Å². The molecule has 2 aromatic carbocycles. The zero-order valence-electron chi connectivity index (χ0n) is 15.8. The lowest BCUT2D eigenvalue weighted by Gasteiger charge is -2.15. The molecule has 1 aromatic heterocycles. The molecular weight excluding hydrogens is 340 g/mol. The van der Waals surface area contributed by atoms with Gasteiger partial charge in [0.1, 0.15) is 0 Å². The fourth-order valence-corrected chi connectivity index (χ4v) is 2.86. The SMILES string of the molecule is CC(C)c1cc(CN(C)C(=O)c2ccc(-c3cccc(CO)c3)cc2)on1. The maximum atomic E-state index is 12.7. The van der Waals surface area contributed by atoms with Crippen molar-refractivity contribution < 1.29 is 14.4 Å². The molecule has 0 saturated heterocycles. The van der Waals surface area contributed by atoms with Crippen molar-refractivity contribution in [1.29, 1.82) is 0 Å². The molecule has 0 spiro atoms. The summed E-state index contributed by atoms with van der Waals surface area (Å²) in [5.74, 6) is 0.889. The number of benzene rings is 2. The number of aromatic nitrogens is 1. The van der Waals surface area contributed by atoms with Crippen molar-refractivity contribution in [2.24, 2.45) is 0 Å². The second-order valence-corrected chi connectivity index (χ2v) is 6.97. The highest BCUT2D eigenvalue weighted by atomic mass is 16.5. The van der Waals surface area contributed by atoms with Gasteiger partial charge in [-0.3, -0.25) is 4.79 Å². The molecule has 0 atom stereocenters. The van der Waals surface area contributed by atoms with Crippen LogP contribution in [0.15, 0.2) is 59.1 Å². The summed E-state index contributed by atoms with van der Waals surface area (Å²) in [6, 6.07) is 17.1. The van der Waals surface area contributed by atoms with Crippen molar-refractivity contribution >= 4 is 5.91 Å². The van der Waals surface area contributed by atoms with Crippen LogP contribution in [0.2, 0.25) is 0 Å². The van der Waals surface area contributed by atoms with E-state index in [0.29, 0.717) is 23.8 Å². The minimum Gasteiger partial charge on any atom is -0.392 e. The van der Waals surface area contributed by atoms with E-state index in [2.05, 4.69) is 5.16 Å². The van der Waals surface area contributed by atoms with E-state index in [9.17, 15) is 9.90 Å². The van der Waals surface area contributed by atoms with Gasteiger partial charge in [0.2, 0.25) is 0 Å². The molecule has 1 N–H and O–H groups in total. The Hall–Kier alpha value is -2.92. The predicted octanol–water partition coefficient (Wildman–Crippen LogP) is 4.23. The molecule has 1 heterocycles. The van der Waals surface area contributed by atoms with Crippen molar-refractivity contribution in [2.45, 2.75) is 32.9 Å². The van der Waals surface area contributed by atoms with E-state index in [1.165, 1.54) is 0 Å². The summed E-state index contributed by atoms with van der Waals surface area (Å²) in [4.78, 5) is 14.3. The molecule has 0 aliphatic rings. The summed E-state index contributed by atoms with van der Waals surface area (Å²) < 4.78 is 5.32. The van der Waals surface area contributed by atoms with Gasteiger partial charge in [-0.05, 0) is 40.8 Å². The summed E-state index contributed by atoms with van der Waals surface area (Å²) in [7, 11) is 1.75. The summed E-state index contributed by atoms with van der Waals surface area (Å²) in [5.41, 5.74) is 4.38. The third-order valence-electron chi connectivity index (χ3n) is 4.48. The lowest BCUT2D eigenvalue weighted by Crippen LogP contribution is -2.25. The second kappa shape index (κ2) is 8.18. The van der Waals surface area contributed by atoms with E-state index in [1.807, 2.05) is 68.4 Å². The maximum Gasteiger partial charge on any atom is 0.254 e. The van der Waals surface area contributed by atoms with Gasteiger partial charge in [0.25, 0.3) is 5.91 Å². The number of aliphatic hydroxyl groups is 1. The van der Waals surface area contributed by atoms with Crippen LogP contribution in [0.25, 0.3) is 11.1 Å². The first kappa shape index (κ1) is 18.9. The molecule has 0 radical (unpaired) electrons. The number of carbonyl (C=O) groups is 1. The van der Waals surface area contributed by atoms with Crippen molar-refractivity contribution in [3.8, 4) is 11.1 Å². The standard InChI is InChI=1S/C22H24N2O3/c1-15(2)21-12-20(27-23-21)13-24(3)22(26)18-9-7-17(8-10-18)19-6-4-5-16(11-19)14-25/h4-12,15,25H,13-14H2,1-3H3. The van der Waals surface area contributed by atoms with Gasteiger partial charge in [0.15, 0.2) is 5.76 Å². The molecule has 5 nitrogen and oxygen atoms in total. The number of hydrogen-bond acceptors (Lipinski definition) is 4. The number of aliphatic hydroxyl groups excluding tert-OH is 1. The highest BCUT2D eigenvalue weighted by molar-refractivity contribution is 5.94. The van der Waals surface area contributed by atoms with E-state index in [-0.39, 0.29) is 12.5 Å². The fraction of sp³-hybridized carbons (Fsp3) is 0.273. The Morgan fingerprint density at radius 2 is 1.85 bits per heavy atom. The van der Waals surface area contributed by atoms with Crippen LogP contribution in [0.5, 0.6) is 0 Å². The molecule has 0 fully saturated rings. The summed E-state index contributed by atoms with van der Waals surface area (Å²) in [6.45, 7) is 4.48. The van der Waals surface area contributed by atoms with Crippen molar-refractivity contribution in [2.75, 3.05) is 7.05 Å². The van der Waals surface area contributed by atoms with E-state index in [4.69, 9.17) is 4.52 Å². The topological polar surface area (TPSA) is 66.6 Å². The number of carbonyl (C=O) groups excluding carboxylic acids is 1. The highest BCUT2D eigenvalue weighted by Gasteiger charge is 2.15. The number of rotatable bonds is 6. The van der Waals surface area contributed by atoms with Crippen LogP contribution in [-0.4, -0.2) is 28.1 Å². The second-order valence-electron chi connectivity index (χ2n) is 6.97. The summed E-state index contributed by atoms with van der Waals surface area (Å²) >= 11 is 0. The molecule has 5 heteroatoms. The Bertz CT molecular complexity index is 913. The van der Waals surface area contributed by atoms with Crippen LogP contribution in [0.3, 0.4) is 0 Å². The molecule has 0 unspecified atom stereocenters. The monoisotopic (exact) mass is 364 g/mol. The molecule has 3 rings (SSSR count). The van der Waals surface area contributed by atoms with Gasteiger partial charge in [-0.1, -0.05) is 49.3 Å². The fourth-order valence-electron chi connectivity index (χ4n) is 2.86. The van der Waals surface area contributed by atoms with Gasteiger partial charge in [0.05, 0.1) is 18.8 Å². The summed E-state index contributed by atoms with van der Waals surface area (Å²) in [5, 5.41) is 13.3. The largest absolute Gasteiger partial charge is 0.392 e. The molecule has 3 aromatic rings. The average Bonchev–Trinajstić information content (AvgIpc) is 3.16. The third-order valence-corrected chi connectivity index (χ3v) is 4.48. The van der Waals surface area contributed by atoms with Crippen LogP contribution in [0.1, 0.15) is 47.1 Å². The minimum atomic E-state index is -0.0758. The first-order chi connectivity index (χ1) is 13.0. The predicted molar refractivity (Wildman–Crippen MR) is 104 cm³/mol. The number of hydrogen-bond donors (Lipinski definition) is 1. The Kier molecular flexibility index (Phi) is 5.72. The normalized spacial score (nSPS) is 11.0. The Morgan fingerprint density at radius 3 is 2.48 bits per heavy atom. The molecule has 0 aliphatic heterocycles. The molecule has 1 amide bonds. The lowest BCUT2D eigenvalue weighted by atomic mass is 10.0. The lowest BCUT2D eigenvalue weighted by molar-refractivity contribution is 0.0772. The van der Waals surface area contributed by atoms with Crippen molar-refractivity contribution in [3.63, 3.8) is 0 Å². The van der Waals surface area contributed by atoms with Crippen LogP contribution in [0, 0.1) is 0 Å². The van der Waals surface area contributed by atoms with E-state index in [1.54, 1.807) is 11.9 Å². The van der Waals surface area contributed by atoms with Gasteiger partial charge < -0.3 is 14.5 Å². The molecular formula is C22H24N2O3. The Morgan fingerprint density at radius 1 is 1.11 bits per heavy atom. The first-order valence-electron chi connectivity index (χ1n) is 8.99. The molecule has 0 bridgehead atoms. The molecule has 27 heavy (non-hydrogen) atoms. The average molecular weight is 364 g/mol. The molecule has 140 valence electrons. The van der Waals surface area contributed by atoms with Crippen LogP contribution < -0.4 is 0 Å². The zero-order chi connectivity index (χ0) is 19.4. The van der Waals surface area contributed by atoms with E-state index in [0.717, 1.165) is 22.4 Å². The quantitative estimate of drug-likeness (QED) is 0.711. The smallest absolute Gasteiger partial charge is 0.254 e. The van der Waals surface area contributed by atoms with Crippen molar-refractivity contribution in [1.82, 2.24) is 10.1 Å². The van der Waals surface area contributed by atoms with Gasteiger partial charge in [-0.2, -0.15) is 0 Å². The number of amides is 1. The minimum absolute atomic E-state index is 0.00929. The van der Waals surface area contributed by atoms with Gasteiger partial charge in [-0.15, -0.1) is 0 Å². The Labute approximate surface area is 159 Å². The van der Waals surface area contributed by atoms with Crippen LogP contribution in [-0.2, 0) is 13.2 Å². The van der Waals surface area contributed by atoms with Crippen LogP contribution in [0.4, 0.5) is 0 Å². The maximum absolute atomic E-state index is 12.7. The van der Waals surface area contributed by atoms with Crippen molar-refractivity contribution in [3.05, 3.63) is 77.2 Å². The van der Waals surface area contributed by atoms with E-state index < -0.39 is 0 Å². The first-order valence-corrected chi connectivity index (χ1v) is 8.99. The van der Waals surface area contributed by atoms with E-state index >= 15 is 0 Å². The highest BCUT2D eigenvalue weighted by Crippen LogP contribution is 2.22. The zero-order valence-corrected chi connectivity index (χ0v) is 15.8. The van der Waals surface area contributed by atoms with Crippen LogP contribution >= 0.6 is 0 Å². The molecule has 0 saturated carbocycles. The third kappa shape index (κ3) is 4.44. The van der Waals surface area contributed by atoms with Gasteiger partial charge in [-0.25, -0.2) is 0 Å². The van der Waals surface area contributed by atoms with Gasteiger partial charge in [0, 0.05) is 18.7 Å².